The van der Waals surface area contributed by atoms with Crippen LogP contribution in [0.3, 0.4) is 0 Å². The molecule has 2 heteroatoms. The van der Waals surface area contributed by atoms with Gasteiger partial charge in [0.1, 0.15) is 0 Å². The van der Waals surface area contributed by atoms with Crippen LogP contribution < -0.4 is 5.19 Å². The van der Waals surface area contributed by atoms with Crippen LogP contribution in [0.5, 0.6) is 0 Å². The average Bonchev–Trinajstić information content (AvgIpc) is 2.33. The van der Waals surface area contributed by atoms with Crippen molar-refractivity contribution in [3.8, 4) is 0 Å². The van der Waals surface area contributed by atoms with Crippen molar-refractivity contribution in [1.82, 2.24) is 4.98 Å². The Morgan fingerprint density at radius 1 is 1.44 bits per heavy atom. The number of hydrogen-bond acceptors (Lipinski definition) is 1. The van der Waals surface area contributed by atoms with Crippen LogP contribution in [0, 0.1) is 0 Å². The van der Waals surface area contributed by atoms with Crippen molar-refractivity contribution in [1.29, 1.82) is 0 Å². The average molecular weight is 133 g/mol. The highest BCUT2D eigenvalue weighted by Crippen LogP contribution is 2.01. The third kappa shape index (κ3) is 0.714. The molecule has 1 aromatic rings. The van der Waals surface area contributed by atoms with Crippen molar-refractivity contribution in [2.75, 3.05) is 0 Å². The Bertz CT molecular complexity index is 255. The van der Waals surface area contributed by atoms with Gasteiger partial charge in [-0.15, -0.1) is 0 Å². The van der Waals surface area contributed by atoms with Gasteiger partial charge in [0.2, 0.25) is 0 Å². The zero-order chi connectivity index (χ0) is 6.10. The lowest BCUT2D eigenvalue weighted by Gasteiger charge is -1.92. The number of hydrogen-bond donors (Lipinski definition) is 0. The van der Waals surface area contributed by atoms with E-state index in [2.05, 4.69) is 22.8 Å². The van der Waals surface area contributed by atoms with Gasteiger partial charge in [-0.1, -0.05) is 11.8 Å². The van der Waals surface area contributed by atoms with Crippen LogP contribution in [-0.2, 0) is 0 Å². The fourth-order valence-electron chi connectivity index (χ4n) is 1.08. The second-order valence-electron chi connectivity index (χ2n) is 2.18. The van der Waals surface area contributed by atoms with Crippen LogP contribution >= 0.6 is 0 Å². The van der Waals surface area contributed by atoms with Gasteiger partial charge in [-0.2, -0.15) is 0 Å². The second-order valence-corrected chi connectivity index (χ2v) is 3.82. The minimum absolute atomic E-state index is 0.0515. The summed E-state index contributed by atoms with van der Waals surface area (Å²) in [6, 6.07) is 2.08. The number of fused-ring (bicyclic) bond motifs is 1. The lowest BCUT2D eigenvalue weighted by atomic mass is 10.3. The summed E-state index contributed by atoms with van der Waals surface area (Å²) in [5.41, 5.74) is 3.68. The lowest BCUT2D eigenvalue weighted by Crippen LogP contribution is -2.10. The fourth-order valence-corrected chi connectivity index (χ4v) is 2.39. The topological polar surface area (TPSA) is 12.9 Å². The molecule has 2 rings (SSSR count). The summed E-state index contributed by atoms with van der Waals surface area (Å²) in [6.45, 7) is 0. The molecule has 0 atom stereocenters. The summed E-state index contributed by atoms with van der Waals surface area (Å²) in [5.74, 6) is 0. The first-order valence-electron chi connectivity index (χ1n) is 3.06. The molecule has 1 nitrogen and oxygen atoms in total. The van der Waals surface area contributed by atoms with E-state index in [0.29, 0.717) is 0 Å². The minimum atomic E-state index is -0.0515. The van der Waals surface area contributed by atoms with Gasteiger partial charge >= 0.3 is 0 Å². The van der Waals surface area contributed by atoms with Gasteiger partial charge in [-0.05, 0) is 16.8 Å². The molecule has 0 saturated heterocycles. The van der Waals surface area contributed by atoms with Crippen molar-refractivity contribution in [3.05, 3.63) is 29.7 Å². The van der Waals surface area contributed by atoms with Gasteiger partial charge in [-0.3, -0.25) is 4.98 Å². The quantitative estimate of drug-likeness (QED) is 0.449. The van der Waals surface area contributed by atoms with Crippen LogP contribution in [0.2, 0.25) is 0 Å². The van der Waals surface area contributed by atoms with Crippen LogP contribution in [0.4, 0.5) is 0 Å². The van der Waals surface area contributed by atoms with E-state index in [-0.39, 0.29) is 9.52 Å². The van der Waals surface area contributed by atoms with Gasteiger partial charge < -0.3 is 0 Å². The fraction of sp³-hybridized carbons (Fsp3) is 0. The molecule has 2 heterocycles. The van der Waals surface area contributed by atoms with Crippen molar-refractivity contribution in [3.63, 3.8) is 0 Å². The first-order valence-corrected chi connectivity index (χ1v) is 4.58. The molecule has 1 aliphatic heterocycles. The second kappa shape index (κ2) is 1.81. The standard InChI is InChI=1S/C7H7NSi/c1-3-8-5-7-6(1)2-4-9-7/h1-5H,9H2. The SMILES string of the molecule is C1=Cc2ccncc2[SiH2]1. The summed E-state index contributed by atoms with van der Waals surface area (Å²) in [5, 5.41) is 1.48. The van der Waals surface area contributed by atoms with Crippen molar-refractivity contribution in [2.45, 2.75) is 0 Å². The van der Waals surface area contributed by atoms with E-state index >= 15 is 0 Å². The molecule has 0 radical (unpaired) electrons. The van der Waals surface area contributed by atoms with E-state index in [1.807, 2.05) is 12.4 Å². The molecule has 0 unspecified atom stereocenters. The van der Waals surface area contributed by atoms with Crippen molar-refractivity contribution < 1.29 is 0 Å². The van der Waals surface area contributed by atoms with Crippen LogP contribution in [-0.4, -0.2) is 14.5 Å². The maximum atomic E-state index is 4.05. The molecule has 44 valence electrons. The number of pyridine rings is 1. The number of nitrogens with zero attached hydrogens (tertiary/aromatic N) is 1. The van der Waals surface area contributed by atoms with E-state index in [1.54, 1.807) is 0 Å². The van der Waals surface area contributed by atoms with Gasteiger partial charge in [-0.25, -0.2) is 0 Å². The predicted molar refractivity (Wildman–Crippen MR) is 41.4 cm³/mol. The highest BCUT2D eigenvalue weighted by molar-refractivity contribution is 6.62. The van der Waals surface area contributed by atoms with Gasteiger partial charge in [0, 0.05) is 12.4 Å². The van der Waals surface area contributed by atoms with E-state index < -0.39 is 0 Å². The van der Waals surface area contributed by atoms with Crippen molar-refractivity contribution >= 4 is 20.8 Å². The Labute approximate surface area is 56.3 Å². The smallest absolute Gasteiger partial charge is 0.0811 e. The Morgan fingerprint density at radius 3 is 3.33 bits per heavy atom. The summed E-state index contributed by atoms with van der Waals surface area (Å²) in [7, 11) is -0.0515. The Hall–Kier alpha value is -0.893. The highest BCUT2D eigenvalue weighted by atomic mass is 28.2. The molecule has 1 aromatic heterocycles. The maximum absolute atomic E-state index is 4.05. The molecule has 0 aliphatic carbocycles. The Balaban J connectivity index is 2.63. The third-order valence-electron chi connectivity index (χ3n) is 1.58. The van der Waals surface area contributed by atoms with Crippen LogP contribution in [0.15, 0.2) is 24.2 Å². The van der Waals surface area contributed by atoms with E-state index in [9.17, 15) is 0 Å². The predicted octanol–water partition coefficient (Wildman–Crippen LogP) is -0.140. The number of rotatable bonds is 0. The van der Waals surface area contributed by atoms with E-state index in [1.165, 1.54) is 10.8 Å². The summed E-state index contributed by atoms with van der Waals surface area (Å²) >= 11 is 0. The largest absolute Gasteiger partial charge is 0.265 e. The zero-order valence-electron chi connectivity index (χ0n) is 5.04. The third-order valence-corrected chi connectivity index (χ3v) is 3.08. The summed E-state index contributed by atoms with van der Waals surface area (Å²) in [6.07, 6.45) is 6.04. The normalized spacial score (nSPS) is 16.4. The molecule has 0 aromatic carbocycles. The molecule has 0 fully saturated rings. The first kappa shape index (κ1) is 4.94. The molecule has 0 bridgehead atoms. The Morgan fingerprint density at radius 2 is 2.44 bits per heavy atom. The van der Waals surface area contributed by atoms with E-state index in [0.717, 1.165) is 0 Å². The molecule has 9 heavy (non-hydrogen) atoms. The molecular weight excluding hydrogens is 126 g/mol. The van der Waals surface area contributed by atoms with Crippen LogP contribution in [0.1, 0.15) is 5.56 Å². The molecule has 0 saturated carbocycles. The maximum Gasteiger partial charge on any atom is 0.0811 e. The first-order chi connectivity index (χ1) is 4.47. The molecule has 0 spiro atoms. The monoisotopic (exact) mass is 133 g/mol. The summed E-state index contributed by atoms with van der Waals surface area (Å²) < 4.78 is 0. The van der Waals surface area contributed by atoms with Gasteiger partial charge in [0.05, 0.1) is 9.52 Å². The van der Waals surface area contributed by atoms with Gasteiger partial charge in [0.25, 0.3) is 0 Å². The molecule has 1 aliphatic rings. The molecule has 0 N–H and O–H groups in total. The van der Waals surface area contributed by atoms with Crippen LogP contribution in [0.25, 0.3) is 6.08 Å². The highest BCUT2D eigenvalue weighted by Gasteiger charge is 2.01. The Kier molecular flexibility index (Phi) is 0.992. The molecule has 0 amide bonds. The lowest BCUT2D eigenvalue weighted by molar-refractivity contribution is 1.35. The minimum Gasteiger partial charge on any atom is -0.265 e. The number of aromatic nitrogens is 1. The molecular formula is C7H7NSi. The van der Waals surface area contributed by atoms with Gasteiger partial charge in [0.15, 0.2) is 0 Å². The zero-order valence-corrected chi connectivity index (χ0v) is 6.46. The van der Waals surface area contributed by atoms with E-state index in [4.69, 9.17) is 0 Å². The van der Waals surface area contributed by atoms with Crippen molar-refractivity contribution in [2.24, 2.45) is 0 Å². The summed E-state index contributed by atoms with van der Waals surface area (Å²) in [4.78, 5) is 4.05.